The summed E-state index contributed by atoms with van der Waals surface area (Å²) in [6, 6.07) is 4.75. The van der Waals surface area contributed by atoms with Crippen LogP contribution in [0, 0.1) is 0 Å². The first-order valence-electron chi connectivity index (χ1n) is 5.43. The van der Waals surface area contributed by atoms with Gasteiger partial charge in [0.05, 0.1) is 17.4 Å². The van der Waals surface area contributed by atoms with E-state index in [2.05, 4.69) is 48.2 Å². The SMILES string of the molecule is CCc1cc(NC(C)C)cc2[nH]cnc12. The van der Waals surface area contributed by atoms with Crippen LogP contribution in [0.4, 0.5) is 5.69 Å². The summed E-state index contributed by atoms with van der Waals surface area (Å²) in [5.41, 5.74) is 4.65. The minimum Gasteiger partial charge on any atom is -0.383 e. The fourth-order valence-corrected chi connectivity index (χ4v) is 1.81. The van der Waals surface area contributed by atoms with Crippen molar-refractivity contribution in [2.45, 2.75) is 33.2 Å². The highest BCUT2D eigenvalue weighted by Crippen LogP contribution is 2.22. The standard InChI is InChI=1S/C12H17N3/c1-4-9-5-10(15-8(2)3)6-11-12(9)14-7-13-11/h5-8,15H,4H2,1-3H3,(H,13,14). The molecular formula is C12H17N3. The van der Waals surface area contributed by atoms with E-state index in [9.17, 15) is 0 Å². The Morgan fingerprint density at radius 3 is 2.87 bits per heavy atom. The Morgan fingerprint density at radius 1 is 1.40 bits per heavy atom. The summed E-state index contributed by atoms with van der Waals surface area (Å²) in [5, 5.41) is 3.41. The van der Waals surface area contributed by atoms with Crippen LogP contribution in [0.25, 0.3) is 11.0 Å². The van der Waals surface area contributed by atoms with Crippen molar-refractivity contribution in [2.24, 2.45) is 0 Å². The second-order valence-electron chi connectivity index (χ2n) is 4.09. The third kappa shape index (κ3) is 1.96. The van der Waals surface area contributed by atoms with Crippen LogP contribution in [0.3, 0.4) is 0 Å². The number of rotatable bonds is 3. The van der Waals surface area contributed by atoms with Crippen LogP contribution in [-0.4, -0.2) is 16.0 Å². The maximum absolute atomic E-state index is 4.33. The van der Waals surface area contributed by atoms with E-state index in [1.165, 1.54) is 11.3 Å². The van der Waals surface area contributed by atoms with Gasteiger partial charge in [0.15, 0.2) is 0 Å². The molecule has 0 aliphatic rings. The summed E-state index contributed by atoms with van der Waals surface area (Å²) in [5.74, 6) is 0. The fourth-order valence-electron chi connectivity index (χ4n) is 1.81. The van der Waals surface area contributed by atoms with Crippen LogP contribution in [0.1, 0.15) is 26.3 Å². The molecule has 15 heavy (non-hydrogen) atoms. The summed E-state index contributed by atoms with van der Waals surface area (Å²) in [4.78, 5) is 7.48. The minimum absolute atomic E-state index is 0.454. The number of imidazole rings is 1. The zero-order valence-electron chi connectivity index (χ0n) is 9.46. The number of nitrogens with zero attached hydrogens (tertiary/aromatic N) is 1. The summed E-state index contributed by atoms with van der Waals surface area (Å²) >= 11 is 0. The number of H-pyrrole nitrogens is 1. The molecule has 2 N–H and O–H groups in total. The average Bonchev–Trinajstić information content (AvgIpc) is 2.63. The van der Waals surface area contributed by atoms with Crippen LogP contribution < -0.4 is 5.32 Å². The van der Waals surface area contributed by atoms with Crippen LogP contribution in [-0.2, 0) is 6.42 Å². The molecule has 0 aliphatic heterocycles. The first-order valence-corrected chi connectivity index (χ1v) is 5.43. The van der Waals surface area contributed by atoms with E-state index >= 15 is 0 Å². The number of benzene rings is 1. The quantitative estimate of drug-likeness (QED) is 0.805. The summed E-state index contributed by atoms with van der Waals surface area (Å²) in [6.45, 7) is 6.44. The number of hydrogen-bond acceptors (Lipinski definition) is 2. The van der Waals surface area contributed by atoms with Crippen LogP contribution in [0.5, 0.6) is 0 Å². The number of aryl methyl sites for hydroxylation is 1. The summed E-state index contributed by atoms with van der Waals surface area (Å²) < 4.78 is 0. The van der Waals surface area contributed by atoms with E-state index in [-0.39, 0.29) is 0 Å². The van der Waals surface area contributed by atoms with Gasteiger partial charge >= 0.3 is 0 Å². The van der Waals surface area contributed by atoms with Crippen molar-refractivity contribution in [2.75, 3.05) is 5.32 Å². The molecule has 2 rings (SSSR count). The fraction of sp³-hybridized carbons (Fsp3) is 0.417. The van der Waals surface area contributed by atoms with Gasteiger partial charge in [0.25, 0.3) is 0 Å². The molecule has 0 bridgehead atoms. The van der Waals surface area contributed by atoms with Crippen molar-refractivity contribution in [3.8, 4) is 0 Å². The number of aromatic nitrogens is 2. The molecule has 3 nitrogen and oxygen atoms in total. The van der Waals surface area contributed by atoms with Crippen molar-refractivity contribution in [3.63, 3.8) is 0 Å². The van der Waals surface area contributed by atoms with Gasteiger partial charge in [-0.25, -0.2) is 4.98 Å². The highest BCUT2D eigenvalue weighted by Gasteiger charge is 2.05. The van der Waals surface area contributed by atoms with Gasteiger partial charge < -0.3 is 10.3 Å². The maximum atomic E-state index is 4.33. The first kappa shape index (κ1) is 10.0. The Bertz CT molecular complexity index is 457. The molecule has 1 aromatic carbocycles. The molecule has 0 saturated heterocycles. The molecular weight excluding hydrogens is 186 g/mol. The van der Waals surface area contributed by atoms with Crippen molar-refractivity contribution >= 4 is 16.7 Å². The largest absolute Gasteiger partial charge is 0.383 e. The molecule has 0 atom stereocenters. The molecule has 0 amide bonds. The number of aromatic amines is 1. The minimum atomic E-state index is 0.454. The van der Waals surface area contributed by atoms with E-state index in [1.807, 2.05) is 0 Å². The predicted octanol–water partition coefficient (Wildman–Crippen LogP) is 2.95. The number of nitrogens with one attached hydrogen (secondary N) is 2. The van der Waals surface area contributed by atoms with Gasteiger partial charge in [0.1, 0.15) is 0 Å². The highest BCUT2D eigenvalue weighted by atomic mass is 14.9. The first-order chi connectivity index (χ1) is 7.20. The van der Waals surface area contributed by atoms with Crippen LogP contribution >= 0.6 is 0 Å². The Hall–Kier alpha value is -1.51. The van der Waals surface area contributed by atoms with Crippen molar-refractivity contribution < 1.29 is 0 Å². The van der Waals surface area contributed by atoms with E-state index in [1.54, 1.807) is 6.33 Å². The molecule has 0 radical (unpaired) electrons. The van der Waals surface area contributed by atoms with Crippen molar-refractivity contribution in [3.05, 3.63) is 24.0 Å². The zero-order chi connectivity index (χ0) is 10.8. The molecule has 3 heteroatoms. The second kappa shape index (κ2) is 3.93. The lowest BCUT2D eigenvalue weighted by Crippen LogP contribution is -2.09. The van der Waals surface area contributed by atoms with E-state index < -0.39 is 0 Å². The topological polar surface area (TPSA) is 40.7 Å². The van der Waals surface area contributed by atoms with Crippen molar-refractivity contribution in [1.29, 1.82) is 0 Å². The number of hydrogen-bond donors (Lipinski definition) is 2. The molecule has 80 valence electrons. The molecule has 0 fully saturated rings. The second-order valence-corrected chi connectivity index (χ2v) is 4.09. The lowest BCUT2D eigenvalue weighted by molar-refractivity contribution is 0.899. The van der Waals surface area contributed by atoms with Gasteiger partial charge in [-0.15, -0.1) is 0 Å². The van der Waals surface area contributed by atoms with Gasteiger partial charge in [-0.05, 0) is 38.0 Å². The molecule has 0 spiro atoms. The Labute approximate surface area is 89.9 Å². The van der Waals surface area contributed by atoms with Gasteiger partial charge in [-0.3, -0.25) is 0 Å². The molecule has 0 unspecified atom stereocenters. The average molecular weight is 203 g/mol. The van der Waals surface area contributed by atoms with Gasteiger partial charge in [-0.1, -0.05) is 6.92 Å². The Kier molecular flexibility index (Phi) is 2.62. The maximum Gasteiger partial charge on any atom is 0.0932 e. The third-order valence-corrected chi connectivity index (χ3v) is 2.44. The Balaban J connectivity index is 2.49. The third-order valence-electron chi connectivity index (χ3n) is 2.44. The van der Waals surface area contributed by atoms with Crippen molar-refractivity contribution in [1.82, 2.24) is 9.97 Å². The lowest BCUT2D eigenvalue weighted by Gasteiger charge is -2.11. The van der Waals surface area contributed by atoms with E-state index in [0.717, 1.165) is 17.5 Å². The number of fused-ring (bicyclic) bond motifs is 1. The van der Waals surface area contributed by atoms with E-state index in [0.29, 0.717) is 6.04 Å². The van der Waals surface area contributed by atoms with Crippen LogP contribution in [0.2, 0.25) is 0 Å². The predicted molar refractivity (Wildman–Crippen MR) is 64.2 cm³/mol. The smallest absolute Gasteiger partial charge is 0.0932 e. The molecule has 0 saturated carbocycles. The molecule has 1 heterocycles. The Morgan fingerprint density at radius 2 is 2.20 bits per heavy atom. The lowest BCUT2D eigenvalue weighted by atomic mass is 10.1. The monoisotopic (exact) mass is 203 g/mol. The summed E-state index contributed by atoms with van der Waals surface area (Å²) in [7, 11) is 0. The number of anilines is 1. The molecule has 1 aromatic heterocycles. The van der Waals surface area contributed by atoms with Gasteiger partial charge in [0, 0.05) is 11.7 Å². The van der Waals surface area contributed by atoms with Crippen LogP contribution in [0.15, 0.2) is 18.5 Å². The zero-order valence-corrected chi connectivity index (χ0v) is 9.46. The van der Waals surface area contributed by atoms with E-state index in [4.69, 9.17) is 0 Å². The summed E-state index contributed by atoms with van der Waals surface area (Å²) in [6.07, 6.45) is 2.76. The highest BCUT2D eigenvalue weighted by molar-refractivity contribution is 5.82. The normalized spacial score (nSPS) is 11.2. The van der Waals surface area contributed by atoms with Gasteiger partial charge in [0.2, 0.25) is 0 Å². The molecule has 0 aliphatic carbocycles. The molecule has 2 aromatic rings. The van der Waals surface area contributed by atoms with Gasteiger partial charge in [-0.2, -0.15) is 0 Å².